The fraction of sp³-hybridized carbons (Fsp3) is 0.588. The Balaban J connectivity index is 2.70. The van der Waals surface area contributed by atoms with Crippen LogP contribution in [0.4, 0.5) is 5.69 Å². The van der Waals surface area contributed by atoms with Crippen molar-refractivity contribution in [3.05, 3.63) is 29.8 Å². The van der Waals surface area contributed by atoms with E-state index < -0.39 is 0 Å². The summed E-state index contributed by atoms with van der Waals surface area (Å²) in [7, 11) is 0. The van der Waals surface area contributed by atoms with Gasteiger partial charge in [0.05, 0.1) is 6.04 Å². The summed E-state index contributed by atoms with van der Waals surface area (Å²) in [5, 5.41) is 3.11. The van der Waals surface area contributed by atoms with Crippen LogP contribution in [0.1, 0.15) is 46.6 Å². The summed E-state index contributed by atoms with van der Waals surface area (Å²) in [5.41, 5.74) is 7.47. The third kappa shape index (κ3) is 5.38. The Bertz CT molecular complexity index is 454. The maximum atomic E-state index is 12.4. The van der Waals surface area contributed by atoms with Crippen LogP contribution in [-0.4, -0.2) is 28.9 Å². The van der Waals surface area contributed by atoms with Gasteiger partial charge in [-0.05, 0) is 51.4 Å². The first-order valence-electron chi connectivity index (χ1n) is 7.69. The molecule has 0 heterocycles. The molecule has 1 aromatic rings. The Morgan fingerprint density at radius 3 is 2.33 bits per heavy atom. The van der Waals surface area contributed by atoms with Gasteiger partial charge in [0.15, 0.2) is 0 Å². The summed E-state index contributed by atoms with van der Waals surface area (Å²) in [6, 6.07) is 7.66. The van der Waals surface area contributed by atoms with Crippen LogP contribution in [-0.2, 0) is 11.3 Å². The standard InChI is InChI=1S/C17H29N3O/c1-6-17(4,5)19-16(21)13(3)20(7-2)12-14-8-10-15(18)11-9-14/h8-11,13H,6-7,12,18H2,1-5H3,(H,19,21). The first-order valence-corrected chi connectivity index (χ1v) is 7.69. The van der Waals surface area contributed by atoms with Crippen molar-refractivity contribution < 1.29 is 4.79 Å². The predicted molar refractivity (Wildman–Crippen MR) is 88.9 cm³/mol. The lowest BCUT2D eigenvalue weighted by molar-refractivity contribution is -0.127. The molecule has 0 fully saturated rings. The van der Waals surface area contributed by atoms with Gasteiger partial charge in [0.2, 0.25) is 5.91 Å². The summed E-state index contributed by atoms with van der Waals surface area (Å²) < 4.78 is 0. The number of amides is 1. The molecule has 1 unspecified atom stereocenters. The molecule has 0 bridgehead atoms. The third-order valence-corrected chi connectivity index (χ3v) is 4.04. The van der Waals surface area contributed by atoms with Crippen LogP contribution in [0.25, 0.3) is 0 Å². The second kappa shape index (κ2) is 7.46. The van der Waals surface area contributed by atoms with E-state index in [-0.39, 0.29) is 17.5 Å². The van der Waals surface area contributed by atoms with E-state index in [2.05, 4.69) is 24.1 Å². The minimum absolute atomic E-state index is 0.0825. The molecule has 0 spiro atoms. The molecule has 0 aliphatic heterocycles. The zero-order valence-corrected chi connectivity index (χ0v) is 13.9. The summed E-state index contributed by atoms with van der Waals surface area (Å²) in [6.07, 6.45) is 0.912. The van der Waals surface area contributed by atoms with Crippen molar-refractivity contribution in [1.29, 1.82) is 0 Å². The minimum Gasteiger partial charge on any atom is -0.399 e. The maximum absolute atomic E-state index is 12.4. The molecule has 0 aromatic heterocycles. The predicted octanol–water partition coefficient (Wildman–Crippen LogP) is 2.78. The second-order valence-corrected chi connectivity index (χ2v) is 6.21. The van der Waals surface area contributed by atoms with Crippen molar-refractivity contribution in [1.82, 2.24) is 10.2 Å². The molecule has 0 radical (unpaired) electrons. The number of hydrogen-bond acceptors (Lipinski definition) is 3. The minimum atomic E-state index is -0.161. The van der Waals surface area contributed by atoms with Gasteiger partial charge in [-0.2, -0.15) is 0 Å². The SMILES string of the molecule is CCN(Cc1ccc(N)cc1)C(C)C(=O)NC(C)(C)CC. The van der Waals surface area contributed by atoms with Crippen molar-refractivity contribution in [3.8, 4) is 0 Å². The Morgan fingerprint density at radius 2 is 1.86 bits per heavy atom. The molecule has 1 amide bonds. The molecule has 3 N–H and O–H groups in total. The molecule has 0 aliphatic carbocycles. The Morgan fingerprint density at radius 1 is 1.29 bits per heavy atom. The summed E-state index contributed by atoms with van der Waals surface area (Å²) in [4.78, 5) is 14.5. The van der Waals surface area contributed by atoms with E-state index in [1.54, 1.807) is 0 Å². The number of likely N-dealkylation sites (N-methyl/N-ethyl adjacent to an activating group) is 1. The van der Waals surface area contributed by atoms with Crippen molar-refractivity contribution >= 4 is 11.6 Å². The topological polar surface area (TPSA) is 58.4 Å². The number of benzene rings is 1. The first-order chi connectivity index (χ1) is 9.79. The summed E-state index contributed by atoms with van der Waals surface area (Å²) in [5.74, 6) is 0.0825. The number of anilines is 1. The molecule has 21 heavy (non-hydrogen) atoms. The van der Waals surface area contributed by atoms with Crippen LogP contribution in [0.5, 0.6) is 0 Å². The fourth-order valence-electron chi connectivity index (χ4n) is 2.07. The molecule has 4 nitrogen and oxygen atoms in total. The normalized spacial score (nSPS) is 13.2. The van der Waals surface area contributed by atoms with E-state index in [1.807, 2.05) is 45.0 Å². The van der Waals surface area contributed by atoms with E-state index in [0.29, 0.717) is 0 Å². The lowest BCUT2D eigenvalue weighted by atomic mass is 10.0. The number of nitrogens with one attached hydrogen (secondary N) is 1. The Kier molecular flexibility index (Phi) is 6.21. The van der Waals surface area contributed by atoms with Crippen molar-refractivity contribution in [2.75, 3.05) is 12.3 Å². The zero-order chi connectivity index (χ0) is 16.0. The highest BCUT2D eigenvalue weighted by Crippen LogP contribution is 2.13. The Hall–Kier alpha value is -1.55. The molecule has 0 saturated heterocycles. The van der Waals surface area contributed by atoms with E-state index >= 15 is 0 Å². The average molecular weight is 291 g/mol. The Labute approximate surface area is 128 Å². The highest BCUT2D eigenvalue weighted by Gasteiger charge is 2.25. The molecule has 0 saturated carbocycles. The van der Waals surface area contributed by atoms with Gasteiger partial charge < -0.3 is 11.1 Å². The number of nitrogens with two attached hydrogens (primary N) is 1. The average Bonchev–Trinajstić information content (AvgIpc) is 2.45. The monoisotopic (exact) mass is 291 g/mol. The lowest BCUT2D eigenvalue weighted by Gasteiger charge is -2.31. The highest BCUT2D eigenvalue weighted by molar-refractivity contribution is 5.82. The highest BCUT2D eigenvalue weighted by atomic mass is 16.2. The maximum Gasteiger partial charge on any atom is 0.237 e. The summed E-state index contributed by atoms with van der Waals surface area (Å²) in [6.45, 7) is 11.8. The van der Waals surface area contributed by atoms with Crippen LogP contribution in [0.15, 0.2) is 24.3 Å². The molecule has 4 heteroatoms. The largest absolute Gasteiger partial charge is 0.399 e. The van der Waals surface area contributed by atoms with Gasteiger partial charge in [-0.25, -0.2) is 0 Å². The van der Waals surface area contributed by atoms with Gasteiger partial charge in [0.25, 0.3) is 0 Å². The molecule has 1 aromatic carbocycles. The van der Waals surface area contributed by atoms with E-state index in [4.69, 9.17) is 5.73 Å². The second-order valence-electron chi connectivity index (χ2n) is 6.21. The van der Waals surface area contributed by atoms with E-state index in [0.717, 1.165) is 25.2 Å². The fourth-order valence-corrected chi connectivity index (χ4v) is 2.07. The molecule has 1 rings (SSSR count). The smallest absolute Gasteiger partial charge is 0.237 e. The van der Waals surface area contributed by atoms with Crippen LogP contribution in [0.2, 0.25) is 0 Å². The van der Waals surface area contributed by atoms with Crippen molar-refractivity contribution in [3.63, 3.8) is 0 Å². The van der Waals surface area contributed by atoms with E-state index in [9.17, 15) is 4.79 Å². The van der Waals surface area contributed by atoms with Crippen LogP contribution in [0.3, 0.4) is 0 Å². The first kappa shape index (κ1) is 17.5. The number of nitrogens with zero attached hydrogens (tertiary/aromatic N) is 1. The van der Waals surface area contributed by atoms with Crippen LogP contribution < -0.4 is 11.1 Å². The number of carbonyl (C=O) groups is 1. The number of nitrogen functional groups attached to an aromatic ring is 1. The molecule has 118 valence electrons. The lowest BCUT2D eigenvalue weighted by Crippen LogP contribution is -2.51. The van der Waals surface area contributed by atoms with Crippen molar-refractivity contribution in [2.24, 2.45) is 0 Å². The summed E-state index contributed by atoms with van der Waals surface area (Å²) >= 11 is 0. The van der Waals surface area contributed by atoms with Gasteiger partial charge in [0, 0.05) is 17.8 Å². The number of hydrogen-bond donors (Lipinski definition) is 2. The van der Waals surface area contributed by atoms with Crippen molar-refractivity contribution in [2.45, 2.75) is 59.2 Å². The van der Waals surface area contributed by atoms with Gasteiger partial charge in [-0.15, -0.1) is 0 Å². The van der Waals surface area contributed by atoms with Crippen LogP contribution >= 0.6 is 0 Å². The van der Waals surface area contributed by atoms with Crippen LogP contribution in [0, 0.1) is 0 Å². The van der Waals surface area contributed by atoms with E-state index in [1.165, 1.54) is 5.56 Å². The number of rotatable bonds is 7. The molecule has 1 atom stereocenters. The quantitative estimate of drug-likeness (QED) is 0.759. The molecular formula is C17H29N3O. The van der Waals surface area contributed by atoms with Gasteiger partial charge in [-0.1, -0.05) is 26.0 Å². The third-order valence-electron chi connectivity index (χ3n) is 4.04. The van der Waals surface area contributed by atoms with Gasteiger partial charge in [-0.3, -0.25) is 9.69 Å². The number of carbonyl (C=O) groups excluding carboxylic acids is 1. The molecule has 0 aliphatic rings. The van der Waals surface area contributed by atoms with Gasteiger partial charge >= 0.3 is 0 Å². The molecular weight excluding hydrogens is 262 g/mol. The zero-order valence-electron chi connectivity index (χ0n) is 13.9. The van der Waals surface area contributed by atoms with Gasteiger partial charge in [0.1, 0.15) is 0 Å².